The van der Waals surface area contributed by atoms with Crippen LogP contribution in [0.4, 0.5) is 0 Å². The van der Waals surface area contributed by atoms with Gasteiger partial charge in [0.2, 0.25) is 0 Å². The number of hydrogen-bond acceptors (Lipinski definition) is 1. The summed E-state index contributed by atoms with van der Waals surface area (Å²) in [5.41, 5.74) is 2.49. The molecule has 0 bridgehead atoms. The molecule has 2 nitrogen and oxygen atoms in total. The highest BCUT2D eigenvalue weighted by Gasteiger charge is 2.19. The largest absolute Gasteiger partial charge is 0.396 e. The van der Waals surface area contributed by atoms with E-state index >= 15 is 0 Å². The normalized spacial score (nSPS) is 13.6. The molecule has 2 aromatic rings. The summed E-state index contributed by atoms with van der Waals surface area (Å²) in [6.45, 7) is 4.52. The molecular weight excluding hydrogens is 198 g/mol. The van der Waals surface area contributed by atoms with Crippen LogP contribution in [0.25, 0.3) is 10.9 Å². The Labute approximate surface area is 96.5 Å². The number of hydrogen-bond donors (Lipinski definition) is 1. The highest BCUT2D eigenvalue weighted by molar-refractivity contribution is 5.84. The first kappa shape index (κ1) is 11.2. The molecule has 0 aliphatic carbocycles. The van der Waals surface area contributed by atoms with Crippen LogP contribution in [0.1, 0.15) is 25.3 Å². The Morgan fingerprint density at radius 1 is 1.25 bits per heavy atom. The van der Waals surface area contributed by atoms with Gasteiger partial charge in [0, 0.05) is 30.1 Å². The Bertz CT molecular complexity index is 484. The molecule has 1 aromatic heterocycles. The van der Waals surface area contributed by atoms with E-state index in [1.807, 2.05) is 0 Å². The van der Waals surface area contributed by atoms with Crippen LogP contribution in [-0.2, 0) is 7.05 Å². The highest BCUT2D eigenvalue weighted by Crippen LogP contribution is 2.31. The van der Waals surface area contributed by atoms with Crippen molar-refractivity contribution in [1.82, 2.24) is 4.57 Å². The molecule has 1 aromatic carbocycles. The number of nitrogens with zero attached hydrogens (tertiary/aromatic N) is 1. The van der Waals surface area contributed by atoms with E-state index in [9.17, 15) is 5.11 Å². The van der Waals surface area contributed by atoms with Gasteiger partial charge in [-0.3, -0.25) is 0 Å². The fourth-order valence-corrected chi connectivity index (χ4v) is 2.34. The second-order valence-electron chi connectivity index (χ2n) is 4.75. The summed E-state index contributed by atoms with van der Waals surface area (Å²) >= 11 is 0. The summed E-state index contributed by atoms with van der Waals surface area (Å²) in [6.07, 6.45) is 2.14. The van der Waals surface area contributed by atoms with Crippen molar-refractivity contribution in [1.29, 1.82) is 0 Å². The van der Waals surface area contributed by atoms with Gasteiger partial charge in [-0.2, -0.15) is 0 Å². The fraction of sp³-hybridized carbons (Fsp3) is 0.429. The number of aryl methyl sites for hydroxylation is 1. The van der Waals surface area contributed by atoms with Crippen LogP contribution < -0.4 is 0 Å². The summed E-state index contributed by atoms with van der Waals surface area (Å²) in [6, 6.07) is 8.36. The van der Waals surface area contributed by atoms with Gasteiger partial charge in [0.15, 0.2) is 0 Å². The monoisotopic (exact) mass is 217 g/mol. The number of aromatic nitrogens is 1. The summed E-state index contributed by atoms with van der Waals surface area (Å²) in [7, 11) is 2.06. The summed E-state index contributed by atoms with van der Waals surface area (Å²) in [4.78, 5) is 0. The maximum absolute atomic E-state index is 9.51. The van der Waals surface area contributed by atoms with Gasteiger partial charge >= 0.3 is 0 Å². The van der Waals surface area contributed by atoms with E-state index in [1.54, 1.807) is 0 Å². The van der Waals surface area contributed by atoms with Crippen LogP contribution in [0.15, 0.2) is 30.5 Å². The van der Waals surface area contributed by atoms with Crippen molar-refractivity contribution in [2.75, 3.05) is 6.61 Å². The fourth-order valence-electron chi connectivity index (χ4n) is 2.34. The van der Waals surface area contributed by atoms with Crippen LogP contribution in [-0.4, -0.2) is 16.3 Å². The first-order chi connectivity index (χ1) is 7.65. The molecule has 0 radical (unpaired) electrons. The number of benzene rings is 1. The lowest BCUT2D eigenvalue weighted by Crippen LogP contribution is -2.10. The van der Waals surface area contributed by atoms with Crippen molar-refractivity contribution in [3.63, 3.8) is 0 Å². The molecule has 1 atom stereocenters. The molecule has 0 saturated heterocycles. The zero-order valence-electron chi connectivity index (χ0n) is 10.1. The van der Waals surface area contributed by atoms with Gasteiger partial charge in [-0.25, -0.2) is 0 Å². The lowest BCUT2D eigenvalue weighted by Gasteiger charge is -2.17. The molecule has 2 rings (SSSR count). The van der Waals surface area contributed by atoms with Crippen molar-refractivity contribution >= 4 is 10.9 Å². The molecule has 1 N–H and O–H groups in total. The van der Waals surface area contributed by atoms with Gasteiger partial charge < -0.3 is 9.67 Å². The van der Waals surface area contributed by atoms with Crippen LogP contribution in [0.5, 0.6) is 0 Å². The van der Waals surface area contributed by atoms with Crippen molar-refractivity contribution in [2.45, 2.75) is 19.8 Å². The Hall–Kier alpha value is -1.28. The first-order valence-corrected chi connectivity index (χ1v) is 5.80. The molecule has 0 saturated carbocycles. The van der Waals surface area contributed by atoms with Gasteiger partial charge in [-0.1, -0.05) is 32.0 Å². The minimum atomic E-state index is 0.214. The smallest absolute Gasteiger partial charge is 0.0502 e. The molecule has 0 fully saturated rings. The molecule has 1 heterocycles. The summed E-state index contributed by atoms with van der Waals surface area (Å²) in [5.74, 6) is 0.682. The molecule has 0 aliphatic heterocycles. The van der Waals surface area contributed by atoms with Crippen LogP contribution >= 0.6 is 0 Å². The average Bonchev–Trinajstić information content (AvgIpc) is 2.58. The van der Waals surface area contributed by atoms with E-state index in [0.29, 0.717) is 5.92 Å². The van der Waals surface area contributed by atoms with Crippen molar-refractivity contribution in [3.8, 4) is 0 Å². The Kier molecular flexibility index (Phi) is 3.01. The minimum absolute atomic E-state index is 0.214. The second kappa shape index (κ2) is 4.30. The molecule has 1 unspecified atom stereocenters. The zero-order valence-corrected chi connectivity index (χ0v) is 10.1. The topological polar surface area (TPSA) is 25.2 Å². The maximum atomic E-state index is 9.51. The second-order valence-corrected chi connectivity index (χ2v) is 4.75. The van der Waals surface area contributed by atoms with Crippen molar-refractivity contribution in [3.05, 3.63) is 36.0 Å². The van der Waals surface area contributed by atoms with Gasteiger partial charge in [-0.15, -0.1) is 0 Å². The number of fused-ring (bicyclic) bond motifs is 1. The number of para-hydroxylation sites is 1. The van der Waals surface area contributed by atoms with E-state index in [2.05, 4.69) is 55.9 Å². The third kappa shape index (κ3) is 1.74. The SMILES string of the molecule is CC(C)C(CO)c1cn(C)c2ccccc12. The molecule has 86 valence electrons. The Morgan fingerprint density at radius 2 is 1.94 bits per heavy atom. The lowest BCUT2D eigenvalue weighted by atomic mass is 9.89. The van der Waals surface area contributed by atoms with E-state index in [4.69, 9.17) is 0 Å². The maximum Gasteiger partial charge on any atom is 0.0502 e. The highest BCUT2D eigenvalue weighted by atomic mass is 16.3. The van der Waals surface area contributed by atoms with Crippen LogP contribution in [0, 0.1) is 5.92 Å². The molecule has 0 spiro atoms. The number of rotatable bonds is 3. The standard InChI is InChI=1S/C14H19NO/c1-10(2)13(9-16)12-8-15(3)14-7-5-4-6-11(12)14/h4-8,10,13,16H,9H2,1-3H3. The third-order valence-corrected chi connectivity index (χ3v) is 3.33. The average molecular weight is 217 g/mol. The van der Waals surface area contributed by atoms with E-state index in [-0.39, 0.29) is 12.5 Å². The Morgan fingerprint density at radius 3 is 2.56 bits per heavy atom. The Balaban J connectivity index is 2.60. The predicted octanol–water partition coefficient (Wildman–Crippen LogP) is 2.91. The molecule has 16 heavy (non-hydrogen) atoms. The van der Waals surface area contributed by atoms with E-state index in [0.717, 1.165) is 0 Å². The van der Waals surface area contributed by atoms with Gasteiger partial charge in [0.1, 0.15) is 0 Å². The molecule has 0 amide bonds. The van der Waals surface area contributed by atoms with Gasteiger partial charge in [0.05, 0.1) is 6.61 Å². The third-order valence-electron chi connectivity index (χ3n) is 3.33. The minimum Gasteiger partial charge on any atom is -0.396 e. The number of aliphatic hydroxyl groups is 1. The van der Waals surface area contributed by atoms with Crippen molar-refractivity contribution < 1.29 is 5.11 Å². The van der Waals surface area contributed by atoms with Gasteiger partial charge in [-0.05, 0) is 17.5 Å². The first-order valence-electron chi connectivity index (χ1n) is 5.80. The lowest BCUT2D eigenvalue weighted by molar-refractivity contribution is 0.238. The van der Waals surface area contributed by atoms with Crippen molar-refractivity contribution in [2.24, 2.45) is 13.0 Å². The molecular formula is C14H19NO. The zero-order chi connectivity index (χ0) is 11.7. The molecule has 2 heteroatoms. The number of aliphatic hydroxyl groups excluding tert-OH is 1. The summed E-state index contributed by atoms with van der Waals surface area (Å²) in [5, 5.41) is 10.8. The van der Waals surface area contributed by atoms with Crippen LogP contribution in [0.2, 0.25) is 0 Å². The van der Waals surface area contributed by atoms with E-state index in [1.165, 1.54) is 16.5 Å². The summed E-state index contributed by atoms with van der Waals surface area (Å²) < 4.78 is 2.13. The predicted molar refractivity (Wildman–Crippen MR) is 67.6 cm³/mol. The van der Waals surface area contributed by atoms with E-state index < -0.39 is 0 Å². The van der Waals surface area contributed by atoms with Crippen LogP contribution in [0.3, 0.4) is 0 Å². The van der Waals surface area contributed by atoms with Gasteiger partial charge in [0.25, 0.3) is 0 Å². The molecule has 0 aliphatic rings. The quantitative estimate of drug-likeness (QED) is 0.840.